The number of ether oxygens (including phenoxy) is 4. The summed E-state index contributed by atoms with van der Waals surface area (Å²) in [5.74, 6) is -4.17. The predicted octanol–water partition coefficient (Wildman–Crippen LogP) is 5.27. The Hall–Kier alpha value is -4.84. The molecule has 0 unspecified atom stereocenters. The van der Waals surface area contributed by atoms with Crippen LogP contribution < -0.4 is 20.7 Å². The number of allylic oxidation sites excluding steroid dienone is 3. The number of nitrogens with one attached hydrogen (secondary N) is 1. The molecule has 1 fully saturated rings. The Morgan fingerprint density at radius 2 is 1.83 bits per heavy atom. The van der Waals surface area contributed by atoms with Crippen molar-refractivity contribution >= 4 is 46.9 Å². The zero-order valence-corrected chi connectivity index (χ0v) is 34.2. The summed E-state index contributed by atoms with van der Waals surface area (Å²) in [5, 5.41) is 26.6. The van der Waals surface area contributed by atoms with Gasteiger partial charge in [-0.1, -0.05) is 49.2 Å². The van der Waals surface area contributed by atoms with Gasteiger partial charge in [-0.25, -0.2) is 4.79 Å². The number of nitrogens with two attached hydrogens (primary N) is 1. The highest BCUT2D eigenvalue weighted by Gasteiger charge is 2.51. The van der Waals surface area contributed by atoms with E-state index in [2.05, 4.69) is 5.32 Å². The number of carbonyl (C=O) groups excluding carboxylic acids is 4. The number of methoxy groups -OCH3 is 2. The summed E-state index contributed by atoms with van der Waals surface area (Å²) in [6, 6.07) is 5.96. The first-order valence-corrected chi connectivity index (χ1v) is 18.7. The van der Waals surface area contributed by atoms with Crippen molar-refractivity contribution in [3.63, 3.8) is 0 Å². The number of alkyl carbamates (subject to hydrolysis) is 1. The number of anilines is 2. The van der Waals surface area contributed by atoms with Crippen LogP contribution in [0.5, 0.6) is 5.75 Å². The van der Waals surface area contributed by atoms with Gasteiger partial charge in [0.1, 0.15) is 41.2 Å². The van der Waals surface area contributed by atoms with Crippen LogP contribution in [-0.2, 0) is 36.4 Å². The summed E-state index contributed by atoms with van der Waals surface area (Å²) in [5.41, 5.74) is 1.01. The number of alkyl halides is 3. The van der Waals surface area contributed by atoms with Gasteiger partial charge >= 0.3 is 18.2 Å². The third-order valence-electron chi connectivity index (χ3n) is 10.9. The smallest absolute Gasteiger partial charge is 0.418 e. The summed E-state index contributed by atoms with van der Waals surface area (Å²) in [6.07, 6.45) is -4.94. The Kier molecular flexibility index (Phi) is 14.2. The number of aliphatic hydroxyl groups is 2. The van der Waals surface area contributed by atoms with E-state index in [1.807, 2.05) is 6.92 Å². The molecule has 0 aliphatic carbocycles. The first-order valence-electron chi connectivity index (χ1n) is 18.3. The number of fused-ring (bicyclic) bond motifs is 4. The maximum atomic E-state index is 14.1. The second kappa shape index (κ2) is 18.0. The summed E-state index contributed by atoms with van der Waals surface area (Å²) in [6.45, 7) is 5.61. The third kappa shape index (κ3) is 10.2. The van der Waals surface area contributed by atoms with Crippen LogP contribution in [0.3, 0.4) is 0 Å². The van der Waals surface area contributed by atoms with Crippen molar-refractivity contribution in [2.24, 2.45) is 11.8 Å². The molecular formula is C40H50ClF3N4O10. The van der Waals surface area contributed by atoms with E-state index in [0.717, 1.165) is 29.7 Å². The second-order valence-corrected chi connectivity index (χ2v) is 15.4. The van der Waals surface area contributed by atoms with Gasteiger partial charge < -0.3 is 44.7 Å². The topological polar surface area (TPSA) is 190 Å². The molecule has 3 amide bonds. The number of amides is 3. The van der Waals surface area contributed by atoms with Gasteiger partial charge in [-0.3, -0.25) is 19.7 Å². The maximum absolute atomic E-state index is 14.1. The highest BCUT2D eigenvalue weighted by molar-refractivity contribution is 6.35. The van der Waals surface area contributed by atoms with Crippen LogP contribution >= 0.6 is 11.6 Å². The van der Waals surface area contributed by atoms with Crippen molar-refractivity contribution in [1.82, 2.24) is 10.2 Å². The molecule has 2 aromatic carbocycles. The fourth-order valence-corrected chi connectivity index (χ4v) is 7.37. The van der Waals surface area contributed by atoms with Gasteiger partial charge in [0.05, 0.1) is 24.8 Å². The van der Waals surface area contributed by atoms with Crippen molar-refractivity contribution in [2.45, 2.75) is 82.8 Å². The lowest BCUT2D eigenvalue weighted by atomic mass is 9.73. The lowest BCUT2D eigenvalue weighted by Gasteiger charge is -2.46. The number of halogens is 4. The Morgan fingerprint density at radius 3 is 2.45 bits per heavy atom. The van der Waals surface area contributed by atoms with E-state index >= 15 is 0 Å². The normalized spacial score (nSPS) is 28.7. The lowest BCUT2D eigenvalue weighted by Crippen LogP contribution is -2.64. The largest absolute Gasteiger partial charge is 0.495 e. The number of rotatable bonds is 6. The van der Waals surface area contributed by atoms with Crippen LogP contribution in [0.25, 0.3) is 0 Å². The number of nitrogens with zero attached hydrogens (tertiary/aromatic N) is 2. The van der Waals surface area contributed by atoms with E-state index in [4.69, 9.17) is 36.3 Å². The second-order valence-electron chi connectivity index (χ2n) is 15.0. The van der Waals surface area contributed by atoms with Gasteiger partial charge in [-0.2, -0.15) is 13.2 Å². The Labute approximate surface area is 339 Å². The maximum Gasteiger partial charge on any atom is 0.418 e. The number of esters is 1. The van der Waals surface area contributed by atoms with Crippen molar-refractivity contribution in [3.8, 4) is 5.75 Å². The Bertz CT molecular complexity index is 1960. The average Bonchev–Trinajstić information content (AvgIpc) is 3.14. The standard InChI is InChI=1S/C40H50ClF3N4O10/c1-21-10-9-11-31(56-8)39(54)19-30(57-37(52)46-39)22(2)23(3)38(4,53)32(18-33(49)48(6)28-15-24(14-21)16-29(55-7)35(28)41)58-34(50)20-47(5)36(51)25-12-13-27(45)26(17-25)40(42,43)44/h9-13,15-17,22-23,30-32,53-54H,14,18-20,45H2,1-8H3,(H,46,52)/b11-9+,21-10+/t22-,23-,30-,31+,32-,38+,39-/m0/s1. The molecule has 0 spiro atoms. The molecule has 2 aromatic rings. The van der Waals surface area contributed by atoms with Crippen molar-refractivity contribution in [2.75, 3.05) is 45.5 Å². The van der Waals surface area contributed by atoms with Gasteiger partial charge in [0.15, 0.2) is 5.72 Å². The van der Waals surface area contributed by atoms with Gasteiger partial charge in [-0.15, -0.1) is 0 Å². The first-order chi connectivity index (χ1) is 26.9. The van der Waals surface area contributed by atoms with Crippen molar-refractivity contribution in [3.05, 3.63) is 75.8 Å². The molecule has 2 aliphatic rings. The highest BCUT2D eigenvalue weighted by Crippen LogP contribution is 2.40. The third-order valence-corrected chi connectivity index (χ3v) is 11.3. The van der Waals surface area contributed by atoms with E-state index in [0.29, 0.717) is 18.1 Å². The highest BCUT2D eigenvalue weighted by atomic mass is 35.5. The van der Waals surface area contributed by atoms with Crippen LogP contribution in [0.4, 0.5) is 29.3 Å². The molecule has 14 nitrogen and oxygen atoms in total. The molecule has 1 saturated heterocycles. The van der Waals surface area contributed by atoms with E-state index < -0.39 is 101 Å². The molecule has 7 atom stereocenters. The fraction of sp³-hybridized carbons (Fsp3) is 0.500. The predicted molar refractivity (Wildman–Crippen MR) is 208 cm³/mol. The van der Waals surface area contributed by atoms with Gasteiger partial charge in [-0.05, 0) is 68.0 Å². The molecule has 5 N–H and O–H groups in total. The summed E-state index contributed by atoms with van der Waals surface area (Å²) < 4.78 is 63.1. The molecule has 0 aromatic heterocycles. The van der Waals surface area contributed by atoms with E-state index in [-0.39, 0.29) is 22.9 Å². The Morgan fingerprint density at radius 1 is 1.16 bits per heavy atom. The number of likely N-dealkylation sites (N-methyl/N-ethyl adjacent to an activating group) is 1. The van der Waals surface area contributed by atoms with E-state index in [1.165, 1.54) is 33.1 Å². The summed E-state index contributed by atoms with van der Waals surface area (Å²) in [4.78, 5) is 55.8. The SMILES string of the molecule is COc1cc2cc(c1Cl)N(C)C(=O)C[C@H](OC(=O)CN(C)C(=O)c1ccc(N)c(C(F)(F)F)c1)[C@](C)(O)[C@@H](C)[C@H](C)[C@@H]1C[C@@](O)(NC(=O)O1)[C@H](OC)/C=C/C=C(\C)C2. The fourth-order valence-electron chi connectivity index (χ4n) is 7.05. The van der Waals surface area contributed by atoms with Crippen LogP contribution in [-0.4, -0.2) is 103 Å². The van der Waals surface area contributed by atoms with Crippen molar-refractivity contribution < 1.29 is 61.5 Å². The van der Waals surface area contributed by atoms with Crippen LogP contribution in [0.2, 0.25) is 5.02 Å². The minimum absolute atomic E-state index is 0.103. The zero-order chi connectivity index (χ0) is 43.5. The van der Waals surface area contributed by atoms with E-state index in [1.54, 1.807) is 44.2 Å². The average molecular weight is 839 g/mol. The quantitative estimate of drug-likeness (QED) is 0.219. The number of hydrogen-bond donors (Lipinski definition) is 4. The summed E-state index contributed by atoms with van der Waals surface area (Å²) >= 11 is 6.71. The monoisotopic (exact) mass is 838 g/mol. The van der Waals surface area contributed by atoms with Gasteiger partial charge in [0.2, 0.25) is 5.91 Å². The molecule has 58 heavy (non-hydrogen) atoms. The van der Waals surface area contributed by atoms with Gasteiger partial charge in [0, 0.05) is 38.9 Å². The molecule has 18 heteroatoms. The van der Waals surface area contributed by atoms with Gasteiger partial charge in [0.25, 0.3) is 5.91 Å². The number of nitrogen functional groups attached to an aromatic ring is 1. The first kappa shape index (κ1) is 45.9. The van der Waals surface area contributed by atoms with Crippen molar-refractivity contribution in [1.29, 1.82) is 0 Å². The molecule has 318 valence electrons. The molecule has 4 bridgehead atoms. The minimum Gasteiger partial charge on any atom is -0.495 e. The number of carbonyl (C=O) groups is 4. The minimum atomic E-state index is -4.85. The number of hydrogen-bond acceptors (Lipinski definition) is 11. The molecular weight excluding hydrogens is 789 g/mol. The van der Waals surface area contributed by atoms with E-state index in [9.17, 15) is 42.6 Å². The molecule has 2 heterocycles. The molecule has 0 radical (unpaired) electrons. The molecule has 4 rings (SSSR count). The lowest BCUT2D eigenvalue weighted by molar-refractivity contribution is -0.182. The van der Waals surface area contributed by atoms with Crippen LogP contribution in [0, 0.1) is 11.8 Å². The molecule has 0 saturated carbocycles. The summed E-state index contributed by atoms with van der Waals surface area (Å²) in [7, 11) is 5.38. The molecule has 2 aliphatic heterocycles. The zero-order valence-electron chi connectivity index (χ0n) is 33.5. The number of benzene rings is 2. The Balaban J connectivity index is 1.76. The van der Waals surface area contributed by atoms with Crippen LogP contribution in [0.1, 0.15) is 62.0 Å². The van der Waals surface area contributed by atoms with Crippen LogP contribution in [0.15, 0.2) is 54.1 Å².